The van der Waals surface area contributed by atoms with Crippen molar-refractivity contribution in [2.24, 2.45) is 16.5 Å². The molecular weight excluding hydrogens is 328 g/mol. The van der Waals surface area contributed by atoms with Gasteiger partial charge in [-0.3, -0.25) is 4.99 Å². The van der Waals surface area contributed by atoms with Crippen molar-refractivity contribution in [3.63, 3.8) is 0 Å². The molecule has 0 heterocycles. The number of aliphatic imine (C=N–C) groups is 1. The molecule has 2 aromatic carbocycles. The third-order valence-electron chi connectivity index (χ3n) is 3.86. The Kier molecular flexibility index (Phi) is 6.32. The van der Waals surface area contributed by atoms with Crippen LogP contribution in [0.3, 0.4) is 0 Å². The first-order chi connectivity index (χ1) is 12.3. The molecule has 7 nitrogen and oxygen atoms in total. The number of carbonyl (C=O) groups is 1. The third kappa shape index (κ3) is 5.62. The number of guanidine groups is 1. The van der Waals surface area contributed by atoms with E-state index >= 15 is 0 Å². The van der Waals surface area contributed by atoms with Crippen molar-refractivity contribution in [1.82, 2.24) is 0 Å². The van der Waals surface area contributed by atoms with Crippen LogP contribution in [0.15, 0.2) is 53.5 Å². The molecule has 0 aliphatic carbocycles. The van der Waals surface area contributed by atoms with E-state index in [1.807, 2.05) is 31.2 Å². The second-order valence-corrected chi connectivity index (χ2v) is 6.07. The Labute approximate surface area is 153 Å². The molecule has 0 aromatic heterocycles. The summed E-state index contributed by atoms with van der Waals surface area (Å²) in [6, 6.07) is 14.3. The number of carbonyl (C=O) groups excluding carboxylic acids is 1. The van der Waals surface area contributed by atoms with Crippen molar-refractivity contribution in [2.75, 3.05) is 17.2 Å². The molecule has 1 unspecified atom stereocenters. The highest BCUT2D eigenvalue weighted by molar-refractivity contribution is 6.00. The number of nitrogens with one attached hydrogen (secondary N) is 3. The van der Waals surface area contributed by atoms with Gasteiger partial charge in [0.15, 0.2) is 5.96 Å². The van der Waals surface area contributed by atoms with Gasteiger partial charge < -0.3 is 27.5 Å². The summed E-state index contributed by atoms with van der Waals surface area (Å²) in [4.78, 5) is 16.1. The number of nitrogens with two attached hydrogens (primary N) is 2. The minimum absolute atomic E-state index is 0.0793. The summed E-state index contributed by atoms with van der Waals surface area (Å²) in [5.74, 6) is 0.256. The second-order valence-electron chi connectivity index (χ2n) is 6.07. The molecule has 26 heavy (non-hydrogen) atoms. The van der Waals surface area contributed by atoms with Gasteiger partial charge in [0, 0.05) is 29.5 Å². The summed E-state index contributed by atoms with van der Waals surface area (Å²) in [6.45, 7) is 4.26. The molecular formula is C19H24N6O. The van der Waals surface area contributed by atoms with Gasteiger partial charge in [0.2, 0.25) is 0 Å². The van der Waals surface area contributed by atoms with Gasteiger partial charge in [0.1, 0.15) is 0 Å². The van der Waals surface area contributed by atoms with Gasteiger partial charge >= 0.3 is 6.03 Å². The Morgan fingerprint density at radius 1 is 1.04 bits per heavy atom. The molecule has 0 saturated heterocycles. The Balaban J connectivity index is 1.92. The second kappa shape index (κ2) is 8.66. The maximum atomic E-state index is 12.1. The molecule has 0 aliphatic rings. The summed E-state index contributed by atoms with van der Waals surface area (Å²) in [7, 11) is 0. The molecule has 2 rings (SSSR count). The summed E-state index contributed by atoms with van der Waals surface area (Å²) in [6.07, 6.45) is 0. The molecule has 0 bridgehead atoms. The standard InChI is InChI=1S/C19H24N6O/c1-12(11-23-18(21)22)14-3-7-16(8-4-14)24-19(26)25-17-9-5-15(6-10-17)13(2)20/h3-10,12,20H,11H2,1-2H3,(H4,21,22,23)(H2,24,25,26). The summed E-state index contributed by atoms with van der Waals surface area (Å²) >= 11 is 0. The van der Waals surface area contributed by atoms with Gasteiger partial charge in [-0.15, -0.1) is 0 Å². The highest BCUT2D eigenvalue weighted by Gasteiger charge is 2.07. The Hall–Kier alpha value is -3.35. The Morgan fingerprint density at radius 3 is 2.00 bits per heavy atom. The molecule has 7 N–H and O–H groups in total. The quantitative estimate of drug-likeness (QED) is 0.404. The molecule has 7 heteroatoms. The highest BCUT2D eigenvalue weighted by Crippen LogP contribution is 2.19. The monoisotopic (exact) mass is 352 g/mol. The lowest BCUT2D eigenvalue weighted by molar-refractivity contribution is 0.262. The maximum absolute atomic E-state index is 12.1. The van der Waals surface area contributed by atoms with Crippen molar-refractivity contribution in [3.05, 3.63) is 59.7 Å². The van der Waals surface area contributed by atoms with Crippen LogP contribution in [-0.4, -0.2) is 24.2 Å². The van der Waals surface area contributed by atoms with Gasteiger partial charge in [-0.05, 0) is 42.3 Å². The Bertz CT molecular complexity index is 792. The maximum Gasteiger partial charge on any atom is 0.323 e. The van der Waals surface area contributed by atoms with Gasteiger partial charge in [-0.25, -0.2) is 4.79 Å². The van der Waals surface area contributed by atoms with E-state index in [0.29, 0.717) is 23.6 Å². The van der Waals surface area contributed by atoms with Crippen LogP contribution < -0.4 is 22.1 Å². The lowest BCUT2D eigenvalue weighted by atomic mass is 10.0. The SMILES string of the molecule is CC(=N)c1ccc(NC(=O)Nc2ccc(C(C)CN=C(N)N)cc2)cc1. The number of anilines is 2. The topological polar surface area (TPSA) is 129 Å². The van der Waals surface area contributed by atoms with Gasteiger partial charge in [-0.1, -0.05) is 31.2 Å². The molecule has 0 fully saturated rings. The van der Waals surface area contributed by atoms with Crippen LogP contribution in [0.4, 0.5) is 16.2 Å². The molecule has 1 atom stereocenters. The predicted octanol–water partition coefficient (Wildman–Crippen LogP) is 3.10. The number of amides is 2. The minimum atomic E-state index is -0.328. The lowest BCUT2D eigenvalue weighted by Gasteiger charge is -2.11. The first-order valence-electron chi connectivity index (χ1n) is 8.24. The van der Waals surface area contributed by atoms with Crippen LogP contribution in [-0.2, 0) is 0 Å². The van der Waals surface area contributed by atoms with Crippen molar-refractivity contribution < 1.29 is 4.79 Å². The summed E-state index contributed by atoms with van der Waals surface area (Å²) < 4.78 is 0. The highest BCUT2D eigenvalue weighted by atomic mass is 16.2. The van der Waals surface area contributed by atoms with Crippen molar-refractivity contribution in [2.45, 2.75) is 19.8 Å². The zero-order valence-corrected chi connectivity index (χ0v) is 14.9. The molecule has 0 radical (unpaired) electrons. The number of rotatable bonds is 6. The molecule has 2 amide bonds. The van der Waals surface area contributed by atoms with Crippen LogP contribution in [0.2, 0.25) is 0 Å². The van der Waals surface area contributed by atoms with E-state index < -0.39 is 0 Å². The average Bonchev–Trinajstić information content (AvgIpc) is 2.60. The summed E-state index contributed by atoms with van der Waals surface area (Å²) in [5.41, 5.74) is 14.4. The molecule has 0 spiro atoms. The van der Waals surface area contributed by atoms with E-state index in [4.69, 9.17) is 16.9 Å². The van der Waals surface area contributed by atoms with Crippen LogP contribution >= 0.6 is 0 Å². The lowest BCUT2D eigenvalue weighted by Crippen LogP contribution is -2.23. The third-order valence-corrected chi connectivity index (χ3v) is 3.86. The smallest absolute Gasteiger partial charge is 0.323 e. The fraction of sp³-hybridized carbons (Fsp3) is 0.211. The first-order valence-corrected chi connectivity index (χ1v) is 8.24. The zero-order chi connectivity index (χ0) is 19.1. The van der Waals surface area contributed by atoms with Crippen molar-refractivity contribution in [1.29, 1.82) is 5.41 Å². The molecule has 136 valence electrons. The van der Waals surface area contributed by atoms with Crippen molar-refractivity contribution >= 4 is 29.1 Å². The van der Waals surface area contributed by atoms with E-state index in [2.05, 4.69) is 15.6 Å². The van der Waals surface area contributed by atoms with E-state index in [-0.39, 0.29) is 17.9 Å². The molecule has 0 saturated carbocycles. The Morgan fingerprint density at radius 2 is 1.54 bits per heavy atom. The molecule has 2 aromatic rings. The van der Waals surface area contributed by atoms with Crippen molar-refractivity contribution in [3.8, 4) is 0 Å². The van der Waals surface area contributed by atoms with Gasteiger partial charge in [0.25, 0.3) is 0 Å². The van der Waals surface area contributed by atoms with Gasteiger partial charge in [0.05, 0.1) is 0 Å². The van der Waals surface area contributed by atoms with E-state index in [1.165, 1.54) is 0 Å². The minimum Gasteiger partial charge on any atom is -0.370 e. The van der Waals surface area contributed by atoms with Crippen LogP contribution in [0.25, 0.3) is 0 Å². The number of urea groups is 1. The van der Waals surface area contributed by atoms with Crippen LogP contribution in [0.1, 0.15) is 30.9 Å². The summed E-state index contributed by atoms with van der Waals surface area (Å²) in [5, 5.41) is 13.1. The number of hydrogen-bond acceptors (Lipinski definition) is 3. The zero-order valence-electron chi connectivity index (χ0n) is 14.9. The normalized spacial score (nSPS) is 11.3. The largest absolute Gasteiger partial charge is 0.370 e. The first kappa shape index (κ1) is 19.0. The van der Waals surface area contributed by atoms with E-state index in [1.54, 1.807) is 31.2 Å². The number of benzene rings is 2. The van der Waals surface area contributed by atoms with Crippen LogP contribution in [0, 0.1) is 5.41 Å². The fourth-order valence-electron chi connectivity index (χ4n) is 2.34. The van der Waals surface area contributed by atoms with Gasteiger partial charge in [-0.2, -0.15) is 0 Å². The van der Waals surface area contributed by atoms with E-state index in [9.17, 15) is 4.79 Å². The van der Waals surface area contributed by atoms with E-state index in [0.717, 1.165) is 11.1 Å². The predicted molar refractivity (Wildman–Crippen MR) is 107 cm³/mol. The number of nitrogens with zero attached hydrogens (tertiary/aromatic N) is 1. The number of hydrogen-bond donors (Lipinski definition) is 5. The fourth-order valence-corrected chi connectivity index (χ4v) is 2.34. The molecule has 0 aliphatic heterocycles. The van der Waals surface area contributed by atoms with Crippen LogP contribution in [0.5, 0.6) is 0 Å². The average molecular weight is 352 g/mol.